The van der Waals surface area contributed by atoms with Crippen LogP contribution in [0.5, 0.6) is 0 Å². The van der Waals surface area contributed by atoms with E-state index in [4.69, 9.17) is 5.11 Å². The molecule has 0 amide bonds. The third kappa shape index (κ3) is 2.77. The van der Waals surface area contributed by atoms with Crippen LogP contribution in [0.15, 0.2) is 29.1 Å². The molecule has 22 heavy (non-hydrogen) atoms. The van der Waals surface area contributed by atoms with Gasteiger partial charge in [0.2, 0.25) is 0 Å². The lowest BCUT2D eigenvalue weighted by Gasteiger charge is -2.07. The molecule has 1 unspecified atom stereocenters. The van der Waals surface area contributed by atoms with Crippen molar-refractivity contribution in [2.75, 3.05) is 0 Å². The van der Waals surface area contributed by atoms with Crippen LogP contribution in [-0.4, -0.2) is 21.0 Å². The van der Waals surface area contributed by atoms with Crippen molar-refractivity contribution in [3.63, 3.8) is 0 Å². The van der Waals surface area contributed by atoms with E-state index in [1.165, 1.54) is 12.1 Å². The van der Waals surface area contributed by atoms with Crippen LogP contribution >= 0.6 is 0 Å². The fourth-order valence-electron chi connectivity index (χ4n) is 2.77. The monoisotopic (exact) mass is 302 g/mol. The summed E-state index contributed by atoms with van der Waals surface area (Å²) >= 11 is 0. The molecule has 0 fully saturated rings. The second-order valence-electron chi connectivity index (χ2n) is 5.46. The molecule has 1 atom stereocenters. The van der Waals surface area contributed by atoms with Crippen molar-refractivity contribution < 1.29 is 14.3 Å². The molecule has 2 aromatic rings. The number of carbonyl (C=O) groups is 1. The number of rotatable bonds is 2. The minimum Gasteiger partial charge on any atom is -0.481 e. The van der Waals surface area contributed by atoms with E-state index in [-0.39, 0.29) is 11.4 Å². The number of carboxylic acids is 1. The van der Waals surface area contributed by atoms with Crippen molar-refractivity contribution in [2.45, 2.75) is 25.7 Å². The van der Waals surface area contributed by atoms with E-state index in [2.05, 4.69) is 9.97 Å². The summed E-state index contributed by atoms with van der Waals surface area (Å²) in [6, 6.07) is 5.72. The Morgan fingerprint density at radius 3 is 2.59 bits per heavy atom. The highest BCUT2D eigenvalue weighted by atomic mass is 19.1. The summed E-state index contributed by atoms with van der Waals surface area (Å²) in [6.07, 6.45) is 1.80. The van der Waals surface area contributed by atoms with Crippen molar-refractivity contribution in [3.05, 3.63) is 51.7 Å². The van der Waals surface area contributed by atoms with Crippen molar-refractivity contribution >= 4 is 5.97 Å². The van der Waals surface area contributed by atoms with Gasteiger partial charge in [-0.3, -0.25) is 9.59 Å². The second-order valence-corrected chi connectivity index (χ2v) is 5.46. The summed E-state index contributed by atoms with van der Waals surface area (Å²) in [5.41, 5.74) is 1.59. The van der Waals surface area contributed by atoms with E-state index in [1.54, 1.807) is 12.1 Å². The van der Waals surface area contributed by atoms with Gasteiger partial charge in [0, 0.05) is 11.1 Å². The zero-order valence-electron chi connectivity index (χ0n) is 11.8. The first-order valence-corrected chi connectivity index (χ1v) is 7.15. The normalized spacial score (nSPS) is 17.6. The SMILES string of the molecule is O=C(O)C1CCc2nc(-c3ccc(F)cc3)[nH]c(=O)c2CC1. The number of halogens is 1. The molecule has 5 nitrogen and oxygen atoms in total. The fraction of sp³-hybridized carbons (Fsp3) is 0.312. The van der Waals surface area contributed by atoms with Crippen LogP contribution in [0.25, 0.3) is 11.4 Å². The molecule has 1 aliphatic carbocycles. The van der Waals surface area contributed by atoms with E-state index in [1.807, 2.05) is 0 Å². The standard InChI is InChI=1S/C16H15FN2O3/c17-11-5-1-9(2-6-11)14-18-13-8-4-10(16(21)22)3-7-12(13)15(20)19-14/h1-2,5-6,10H,3-4,7-8H2,(H,21,22)(H,18,19,20). The summed E-state index contributed by atoms with van der Waals surface area (Å²) in [6.45, 7) is 0. The minimum absolute atomic E-state index is 0.240. The molecule has 0 saturated carbocycles. The van der Waals surface area contributed by atoms with Gasteiger partial charge in [0.1, 0.15) is 11.6 Å². The molecule has 0 saturated heterocycles. The maximum Gasteiger partial charge on any atom is 0.306 e. The number of hydrogen-bond donors (Lipinski definition) is 2. The molecule has 1 aromatic carbocycles. The van der Waals surface area contributed by atoms with Crippen molar-refractivity contribution in [1.29, 1.82) is 0 Å². The van der Waals surface area contributed by atoms with Gasteiger partial charge in [-0.2, -0.15) is 0 Å². The largest absolute Gasteiger partial charge is 0.481 e. The number of aromatic nitrogens is 2. The van der Waals surface area contributed by atoms with E-state index in [0.717, 1.165) is 0 Å². The van der Waals surface area contributed by atoms with Gasteiger partial charge in [-0.1, -0.05) is 0 Å². The van der Waals surface area contributed by atoms with Crippen LogP contribution in [0, 0.1) is 11.7 Å². The molecular formula is C16H15FN2O3. The summed E-state index contributed by atoms with van der Waals surface area (Å²) in [4.78, 5) is 30.5. The minimum atomic E-state index is -0.831. The van der Waals surface area contributed by atoms with Gasteiger partial charge in [-0.15, -0.1) is 0 Å². The number of hydrogen-bond acceptors (Lipinski definition) is 3. The zero-order valence-corrected chi connectivity index (χ0v) is 11.8. The maximum absolute atomic E-state index is 13.0. The number of aromatic amines is 1. The lowest BCUT2D eigenvalue weighted by molar-refractivity contribution is -0.142. The third-order valence-corrected chi connectivity index (χ3v) is 4.04. The first-order chi connectivity index (χ1) is 10.5. The Morgan fingerprint density at radius 1 is 1.23 bits per heavy atom. The Labute approximate surface area is 125 Å². The van der Waals surface area contributed by atoms with Gasteiger partial charge in [-0.25, -0.2) is 9.37 Å². The van der Waals surface area contributed by atoms with Crippen LogP contribution in [0.1, 0.15) is 24.1 Å². The molecule has 0 aliphatic heterocycles. The molecule has 1 aliphatic rings. The van der Waals surface area contributed by atoms with Gasteiger partial charge in [0.15, 0.2) is 0 Å². The number of H-pyrrole nitrogens is 1. The summed E-state index contributed by atoms with van der Waals surface area (Å²) in [5.74, 6) is -1.24. The Hall–Kier alpha value is -2.50. The lowest BCUT2D eigenvalue weighted by Crippen LogP contribution is -2.18. The first-order valence-electron chi connectivity index (χ1n) is 7.15. The van der Waals surface area contributed by atoms with Gasteiger partial charge in [0.25, 0.3) is 5.56 Å². The van der Waals surface area contributed by atoms with Crippen molar-refractivity contribution in [2.24, 2.45) is 5.92 Å². The number of nitrogens with one attached hydrogen (secondary N) is 1. The van der Waals surface area contributed by atoms with Gasteiger partial charge >= 0.3 is 5.97 Å². The molecular weight excluding hydrogens is 287 g/mol. The summed E-state index contributed by atoms with van der Waals surface area (Å²) in [7, 11) is 0. The molecule has 6 heteroatoms. The van der Waals surface area contributed by atoms with Crippen molar-refractivity contribution in [3.8, 4) is 11.4 Å². The maximum atomic E-state index is 13.0. The topological polar surface area (TPSA) is 83.0 Å². The van der Waals surface area contributed by atoms with Crippen LogP contribution < -0.4 is 5.56 Å². The second kappa shape index (κ2) is 5.71. The Balaban J connectivity index is 1.99. The number of nitrogens with zero attached hydrogens (tertiary/aromatic N) is 1. The smallest absolute Gasteiger partial charge is 0.306 e. The predicted molar refractivity (Wildman–Crippen MR) is 78.0 cm³/mol. The van der Waals surface area contributed by atoms with E-state index in [9.17, 15) is 14.0 Å². The molecule has 1 heterocycles. The zero-order chi connectivity index (χ0) is 15.7. The van der Waals surface area contributed by atoms with E-state index >= 15 is 0 Å². The third-order valence-electron chi connectivity index (χ3n) is 4.04. The number of benzene rings is 1. The van der Waals surface area contributed by atoms with Crippen LogP contribution in [0.4, 0.5) is 4.39 Å². The van der Waals surface area contributed by atoms with Gasteiger partial charge < -0.3 is 10.1 Å². The quantitative estimate of drug-likeness (QED) is 0.833. The number of carboxylic acid groups (broad SMARTS) is 1. The van der Waals surface area contributed by atoms with E-state index < -0.39 is 11.9 Å². The number of fused-ring (bicyclic) bond motifs is 1. The Morgan fingerprint density at radius 2 is 1.91 bits per heavy atom. The molecule has 2 N–H and O–H groups in total. The van der Waals surface area contributed by atoms with Gasteiger partial charge in [0.05, 0.1) is 11.6 Å². The molecule has 0 bridgehead atoms. The first kappa shape index (κ1) is 14.4. The van der Waals surface area contributed by atoms with Crippen LogP contribution in [-0.2, 0) is 17.6 Å². The summed E-state index contributed by atoms with van der Waals surface area (Å²) < 4.78 is 13.0. The molecule has 0 spiro atoms. The lowest BCUT2D eigenvalue weighted by atomic mass is 10.0. The highest BCUT2D eigenvalue weighted by molar-refractivity contribution is 5.70. The summed E-state index contributed by atoms with van der Waals surface area (Å²) in [5, 5.41) is 9.13. The molecule has 3 rings (SSSR count). The van der Waals surface area contributed by atoms with Crippen LogP contribution in [0.3, 0.4) is 0 Å². The van der Waals surface area contributed by atoms with Gasteiger partial charge in [-0.05, 0) is 49.9 Å². The molecule has 114 valence electrons. The average Bonchev–Trinajstić information content (AvgIpc) is 2.71. The Bertz CT molecular complexity index is 768. The average molecular weight is 302 g/mol. The highest BCUT2D eigenvalue weighted by Gasteiger charge is 2.24. The number of aryl methyl sites for hydroxylation is 1. The fourth-order valence-corrected chi connectivity index (χ4v) is 2.77. The highest BCUT2D eigenvalue weighted by Crippen LogP contribution is 2.23. The van der Waals surface area contributed by atoms with E-state index in [0.29, 0.717) is 48.3 Å². The molecule has 1 aromatic heterocycles. The van der Waals surface area contributed by atoms with Crippen LogP contribution in [0.2, 0.25) is 0 Å². The predicted octanol–water partition coefficient (Wildman–Crippen LogP) is 2.16. The number of aliphatic carboxylic acids is 1. The van der Waals surface area contributed by atoms with Crippen molar-refractivity contribution in [1.82, 2.24) is 9.97 Å². The Kier molecular flexibility index (Phi) is 3.75. The molecule has 0 radical (unpaired) electrons.